The zero-order chi connectivity index (χ0) is 14.1. The lowest BCUT2D eigenvalue weighted by atomic mass is 10.2. The molecule has 1 unspecified atom stereocenters. The van der Waals surface area contributed by atoms with E-state index in [0.717, 1.165) is 43.1 Å². The van der Waals surface area contributed by atoms with Crippen LogP contribution in [0.2, 0.25) is 0 Å². The summed E-state index contributed by atoms with van der Waals surface area (Å²) >= 11 is 0. The Labute approximate surface area is 118 Å². The van der Waals surface area contributed by atoms with Gasteiger partial charge in [-0.3, -0.25) is 9.47 Å². The average Bonchev–Trinajstić information content (AvgIpc) is 2.75. The van der Waals surface area contributed by atoms with E-state index < -0.39 is 0 Å². The van der Waals surface area contributed by atoms with Crippen LogP contribution in [0.1, 0.15) is 12.6 Å². The van der Waals surface area contributed by atoms with Gasteiger partial charge in [-0.1, -0.05) is 6.92 Å². The van der Waals surface area contributed by atoms with E-state index in [1.54, 1.807) is 0 Å². The predicted octanol–water partition coefficient (Wildman–Crippen LogP) is 1.04. The van der Waals surface area contributed by atoms with Gasteiger partial charge in [0.05, 0.1) is 19.3 Å². The summed E-state index contributed by atoms with van der Waals surface area (Å²) in [5, 5.41) is 0. The second kappa shape index (κ2) is 5.38. The van der Waals surface area contributed by atoms with Crippen LogP contribution in [0.4, 0.5) is 5.95 Å². The molecule has 108 valence electrons. The predicted molar refractivity (Wildman–Crippen MR) is 78.5 cm³/mol. The highest BCUT2D eigenvalue weighted by atomic mass is 16.5. The van der Waals surface area contributed by atoms with Crippen molar-refractivity contribution in [2.45, 2.75) is 26.5 Å². The molecule has 1 fully saturated rings. The molecule has 1 aliphatic rings. The summed E-state index contributed by atoms with van der Waals surface area (Å²) in [6, 6.07) is 3.92. The summed E-state index contributed by atoms with van der Waals surface area (Å²) in [5.74, 6) is 0.510. The Morgan fingerprint density at radius 1 is 1.40 bits per heavy atom. The summed E-state index contributed by atoms with van der Waals surface area (Å²) in [7, 11) is 0. The lowest BCUT2D eigenvalue weighted by Crippen LogP contribution is -2.44. The number of pyridine rings is 1. The van der Waals surface area contributed by atoms with Gasteiger partial charge < -0.3 is 10.5 Å². The van der Waals surface area contributed by atoms with Crippen LogP contribution in [0, 0.1) is 6.92 Å². The second-order valence-electron chi connectivity index (χ2n) is 5.26. The molecular weight excluding hydrogens is 254 g/mol. The topological polar surface area (TPSA) is 69.2 Å². The van der Waals surface area contributed by atoms with Crippen molar-refractivity contribution >= 4 is 17.1 Å². The third kappa shape index (κ3) is 2.48. The van der Waals surface area contributed by atoms with Gasteiger partial charge in [0, 0.05) is 18.8 Å². The van der Waals surface area contributed by atoms with Crippen LogP contribution < -0.4 is 5.73 Å². The first kappa shape index (κ1) is 13.3. The third-order valence-corrected chi connectivity index (χ3v) is 3.82. The Bertz CT molecular complexity index is 609. The molecule has 2 N–H and O–H groups in total. The first-order valence-electron chi connectivity index (χ1n) is 7.10. The molecule has 0 bridgehead atoms. The van der Waals surface area contributed by atoms with Gasteiger partial charge in [0.1, 0.15) is 5.52 Å². The number of hydrogen-bond acceptors (Lipinski definition) is 5. The van der Waals surface area contributed by atoms with E-state index in [-0.39, 0.29) is 6.10 Å². The van der Waals surface area contributed by atoms with Crippen molar-refractivity contribution in [1.29, 1.82) is 0 Å². The van der Waals surface area contributed by atoms with Gasteiger partial charge in [-0.25, -0.2) is 9.97 Å². The summed E-state index contributed by atoms with van der Waals surface area (Å²) in [5.41, 5.74) is 8.69. The maximum atomic E-state index is 6.03. The molecular formula is C14H21N5O. The van der Waals surface area contributed by atoms with Crippen LogP contribution in [0.5, 0.6) is 0 Å². The second-order valence-corrected chi connectivity index (χ2v) is 5.26. The van der Waals surface area contributed by atoms with E-state index in [1.807, 2.05) is 23.6 Å². The molecule has 0 spiro atoms. The van der Waals surface area contributed by atoms with Crippen LogP contribution in [-0.2, 0) is 11.3 Å². The Balaban J connectivity index is 1.86. The molecule has 0 aliphatic carbocycles. The largest absolute Gasteiger partial charge is 0.374 e. The van der Waals surface area contributed by atoms with E-state index in [0.29, 0.717) is 12.5 Å². The molecule has 3 heterocycles. The van der Waals surface area contributed by atoms with E-state index in [1.165, 1.54) is 0 Å². The van der Waals surface area contributed by atoms with Gasteiger partial charge in [-0.2, -0.15) is 0 Å². The van der Waals surface area contributed by atoms with Gasteiger partial charge in [0.25, 0.3) is 0 Å². The first-order chi connectivity index (χ1) is 9.67. The van der Waals surface area contributed by atoms with Crippen LogP contribution in [0.25, 0.3) is 11.2 Å². The zero-order valence-electron chi connectivity index (χ0n) is 12.0. The Morgan fingerprint density at radius 2 is 2.25 bits per heavy atom. The number of imidazole rings is 1. The summed E-state index contributed by atoms with van der Waals surface area (Å²) < 4.78 is 7.81. The van der Waals surface area contributed by atoms with Gasteiger partial charge in [-0.05, 0) is 25.6 Å². The molecule has 0 saturated carbocycles. The van der Waals surface area contributed by atoms with Crippen LogP contribution in [-0.4, -0.2) is 51.8 Å². The highest BCUT2D eigenvalue weighted by molar-refractivity contribution is 5.74. The fourth-order valence-electron chi connectivity index (χ4n) is 2.68. The summed E-state index contributed by atoms with van der Waals surface area (Å²) in [6.45, 7) is 8.62. The minimum Gasteiger partial charge on any atom is -0.374 e. The van der Waals surface area contributed by atoms with Gasteiger partial charge in [-0.15, -0.1) is 0 Å². The number of aromatic nitrogens is 3. The van der Waals surface area contributed by atoms with Crippen molar-refractivity contribution in [1.82, 2.24) is 19.4 Å². The number of likely N-dealkylation sites (N-methyl/N-ethyl adjacent to an activating group) is 1. The van der Waals surface area contributed by atoms with Crippen LogP contribution >= 0.6 is 0 Å². The zero-order valence-corrected chi connectivity index (χ0v) is 12.0. The molecule has 1 saturated heterocycles. The molecule has 6 heteroatoms. The maximum Gasteiger partial charge on any atom is 0.202 e. The molecule has 0 aromatic carbocycles. The smallest absolute Gasteiger partial charge is 0.202 e. The van der Waals surface area contributed by atoms with Crippen LogP contribution in [0.3, 0.4) is 0 Å². The monoisotopic (exact) mass is 275 g/mol. The lowest BCUT2D eigenvalue weighted by Gasteiger charge is -2.32. The van der Waals surface area contributed by atoms with E-state index in [9.17, 15) is 0 Å². The van der Waals surface area contributed by atoms with Crippen molar-refractivity contribution in [3.63, 3.8) is 0 Å². The summed E-state index contributed by atoms with van der Waals surface area (Å²) in [4.78, 5) is 11.3. The average molecular weight is 275 g/mol. The fourth-order valence-corrected chi connectivity index (χ4v) is 2.68. The minimum atomic E-state index is 0.144. The van der Waals surface area contributed by atoms with E-state index in [4.69, 9.17) is 10.5 Å². The Hall–Kier alpha value is -1.66. The van der Waals surface area contributed by atoms with Crippen molar-refractivity contribution in [2.24, 2.45) is 0 Å². The standard InChI is InChI=1S/C14H21N5O/c1-3-18-6-7-20-11(8-18)9-19-13-12(17-14(19)15)5-4-10(2)16-13/h4-5,11H,3,6-9H2,1-2H3,(H2,15,17). The van der Waals surface area contributed by atoms with Gasteiger partial charge in [0.2, 0.25) is 5.95 Å². The maximum absolute atomic E-state index is 6.03. The number of rotatable bonds is 3. The molecule has 0 radical (unpaired) electrons. The van der Waals surface area contributed by atoms with Gasteiger partial charge >= 0.3 is 0 Å². The highest BCUT2D eigenvalue weighted by Gasteiger charge is 2.21. The van der Waals surface area contributed by atoms with Crippen molar-refractivity contribution in [2.75, 3.05) is 32.0 Å². The number of anilines is 1. The number of morpholine rings is 1. The highest BCUT2D eigenvalue weighted by Crippen LogP contribution is 2.18. The molecule has 2 aromatic heterocycles. The minimum absolute atomic E-state index is 0.144. The molecule has 1 atom stereocenters. The molecule has 1 aliphatic heterocycles. The molecule has 20 heavy (non-hydrogen) atoms. The van der Waals surface area contributed by atoms with E-state index in [2.05, 4.69) is 21.8 Å². The lowest BCUT2D eigenvalue weighted by molar-refractivity contribution is -0.0336. The number of nitrogens with zero attached hydrogens (tertiary/aromatic N) is 4. The number of aryl methyl sites for hydroxylation is 1. The number of ether oxygens (including phenoxy) is 1. The molecule has 3 rings (SSSR count). The SMILES string of the molecule is CCN1CCOC(Cn2c(N)nc3ccc(C)nc32)C1. The third-order valence-electron chi connectivity index (χ3n) is 3.82. The number of nitrogen functional groups attached to an aromatic ring is 1. The number of nitrogens with two attached hydrogens (primary N) is 1. The Morgan fingerprint density at radius 3 is 3.05 bits per heavy atom. The van der Waals surface area contributed by atoms with Gasteiger partial charge in [0.15, 0.2) is 5.65 Å². The first-order valence-corrected chi connectivity index (χ1v) is 7.10. The quantitative estimate of drug-likeness (QED) is 0.906. The molecule has 6 nitrogen and oxygen atoms in total. The summed E-state index contributed by atoms with van der Waals surface area (Å²) in [6.07, 6.45) is 0.144. The van der Waals surface area contributed by atoms with Crippen molar-refractivity contribution in [3.05, 3.63) is 17.8 Å². The van der Waals surface area contributed by atoms with Crippen LogP contribution in [0.15, 0.2) is 12.1 Å². The van der Waals surface area contributed by atoms with Crippen molar-refractivity contribution in [3.8, 4) is 0 Å². The van der Waals surface area contributed by atoms with Crippen molar-refractivity contribution < 1.29 is 4.74 Å². The normalized spacial score (nSPS) is 20.6. The number of hydrogen-bond donors (Lipinski definition) is 1. The van der Waals surface area contributed by atoms with E-state index >= 15 is 0 Å². The molecule has 0 amide bonds. The number of fused-ring (bicyclic) bond motifs is 1. The fraction of sp³-hybridized carbons (Fsp3) is 0.571. The Kier molecular flexibility index (Phi) is 3.58. The molecule has 2 aromatic rings.